The van der Waals surface area contributed by atoms with Crippen LogP contribution in [0.2, 0.25) is 0 Å². The summed E-state index contributed by atoms with van der Waals surface area (Å²) in [5.74, 6) is -1.67. The fraction of sp³-hybridized carbons (Fsp3) is 0.231. The van der Waals surface area contributed by atoms with Gasteiger partial charge < -0.3 is 20.7 Å². The first-order chi connectivity index (χ1) is 10.5. The van der Waals surface area contributed by atoms with Gasteiger partial charge in [-0.15, -0.1) is 0 Å². The maximum absolute atomic E-state index is 12.6. The molecular formula is C13H14BF3N2O4. The molecule has 0 atom stereocenters. The average molecular weight is 330 g/mol. The van der Waals surface area contributed by atoms with Gasteiger partial charge in [0.2, 0.25) is 5.91 Å². The fourth-order valence-electron chi connectivity index (χ4n) is 1.59. The topological polar surface area (TPSA) is 98.7 Å². The molecular weight excluding hydrogens is 316 g/mol. The summed E-state index contributed by atoms with van der Waals surface area (Å²) in [4.78, 5) is 23.3. The molecule has 23 heavy (non-hydrogen) atoms. The second kappa shape index (κ2) is 7.29. The number of carbonyl (C=O) groups is 2. The number of benzene rings is 1. The van der Waals surface area contributed by atoms with Gasteiger partial charge in [-0.05, 0) is 24.6 Å². The zero-order valence-electron chi connectivity index (χ0n) is 12.1. The van der Waals surface area contributed by atoms with E-state index >= 15 is 0 Å². The molecule has 0 bridgehead atoms. The summed E-state index contributed by atoms with van der Waals surface area (Å²) in [6, 6.07) is 2.70. The maximum atomic E-state index is 12.6. The molecule has 0 saturated heterocycles. The molecule has 0 fully saturated rings. The minimum Gasteiger partial charge on any atom is -0.422 e. The van der Waals surface area contributed by atoms with Crippen LogP contribution in [-0.2, 0) is 11.0 Å². The Morgan fingerprint density at radius 3 is 2.43 bits per heavy atom. The summed E-state index contributed by atoms with van der Waals surface area (Å²) in [6.07, 6.45) is -4.59. The molecule has 1 aromatic rings. The molecule has 0 saturated carbocycles. The Balaban J connectivity index is 2.75. The molecule has 0 aromatic heterocycles. The molecule has 6 nitrogen and oxygen atoms in total. The van der Waals surface area contributed by atoms with Crippen molar-refractivity contribution in [3.8, 4) is 0 Å². The van der Waals surface area contributed by atoms with Gasteiger partial charge in [-0.2, -0.15) is 13.2 Å². The molecule has 0 aliphatic heterocycles. The van der Waals surface area contributed by atoms with E-state index < -0.39 is 37.2 Å². The molecule has 1 aromatic carbocycles. The van der Waals surface area contributed by atoms with Crippen molar-refractivity contribution in [2.24, 2.45) is 0 Å². The van der Waals surface area contributed by atoms with Crippen molar-refractivity contribution in [1.82, 2.24) is 10.6 Å². The van der Waals surface area contributed by atoms with Crippen LogP contribution in [-0.4, -0.2) is 35.5 Å². The highest BCUT2D eigenvalue weighted by Gasteiger charge is 2.31. The molecule has 2 amide bonds. The van der Waals surface area contributed by atoms with Crippen molar-refractivity contribution in [2.45, 2.75) is 13.1 Å². The quantitative estimate of drug-likeness (QED) is 0.587. The lowest BCUT2D eigenvalue weighted by atomic mass is 9.87. The van der Waals surface area contributed by atoms with Crippen LogP contribution < -0.4 is 10.6 Å². The smallest absolute Gasteiger partial charge is 0.422 e. The Morgan fingerprint density at radius 1 is 1.30 bits per heavy atom. The lowest BCUT2D eigenvalue weighted by molar-refractivity contribution is -0.137. The van der Waals surface area contributed by atoms with E-state index in [0.29, 0.717) is 11.6 Å². The van der Waals surface area contributed by atoms with Crippen molar-refractivity contribution in [2.75, 3.05) is 6.54 Å². The van der Waals surface area contributed by atoms with Gasteiger partial charge in [0.1, 0.15) is 0 Å². The first-order valence-corrected chi connectivity index (χ1v) is 6.33. The number of alkyl halides is 3. The van der Waals surface area contributed by atoms with Crippen LogP contribution in [0.1, 0.15) is 21.5 Å². The molecule has 0 aliphatic carbocycles. The molecule has 1 rings (SSSR count). The van der Waals surface area contributed by atoms with Crippen LogP contribution >= 0.6 is 0 Å². The predicted octanol–water partition coefficient (Wildman–Crippen LogP) is 0.386. The Labute approximate surface area is 130 Å². The highest BCUT2D eigenvalue weighted by molar-refractivity contribution is 6.50. The Bertz CT molecular complexity index is 632. The first kappa shape index (κ1) is 18.7. The molecule has 0 aliphatic rings. The van der Waals surface area contributed by atoms with E-state index in [1.165, 1.54) is 6.92 Å². The summed E-state index contributed by atoms with van der Waals surface area (Å²) in [5.41, 5.74) is -1.27. The van der Waals surface area contributed by atoms with E-state index in [1.54, 1.807) is 0 Å². The Morgan fingerprint density at radius 2 is 1.91 bits per heavy atom. The predicted molar refractivity (Wildman–Crippen MR) is 76.0 cm³/mol. The van der Waals surface area contributed by atoms with E-state index in [0.717, 1.165) is 12.1 Å². The summed E-state index contributed by atoms with van der Waals surface area (Å²) >= 11 is 0. The molecule has 0 heterocycles. The van der Waals surface area contributed by atoms with Gasteiger partial charge in [-0.1, -0.05) is 12.6 Å². The zero-order chi connectivity index (χ0) is 17.8. The van der Waals surface area contributed by atoms with E-state index in [-0.39, 0.29) is 11.2 Å². The number of hydrogen-bond acceptors (Lipinski definition) is 4. The fourth-order valence-corrected chi connectivity index (χ4v) is 1.59. The van der Waals surface area contributed by atoms with Crippen molar-refractivity contribution in [3.63, 3.8) is 0 Å². The minimum atomic E-state index is -4.59. The van der Waals surface area contributed by atoms with Gasteiger partial charge in [0.15, 0.2) is 0 Å². The summed E-state index contributed by atoms with van der Waals surface area (Å²) in [6.45, 7) is 4.05. The van der Waals surface area contributed by atoms with Crippen LogP contribution in [0.4, 0.5) is 13.2 Å². The SMILES string of the molecule is C=C(NC(=O)CNC(=O)c1cc(C(F)(F)F)ccc1C)B(O)O. The highest BCUT2D eigenvalue weighted by Crippen LogP contribution is 2.30. The normalized spacial score (nSPS) is 10.9. The number of rotatable bonds is 5. The van der Waals surface area contributed by atoms with Gasteiger partial charge in [0.25, 0.3) is 5.91 Å². The third-order valence-electron chi connectivity index (χ3n) is 2.83. The van der Waals surface area contributed by atoms with E-state index in [1.807, 2.05) is 5.32 Å². The number of nitrogens with one attached hydrogen (secondary N) is 2. The second-order valence-electron chi connectivity index (χ2n) is 4.66. The first-order valence-electron chi connectivity index (χ1n) is 6.33. The van der Waals surface area contributed by atoms with Gasteiger partial charge in [-0.25, -0.2) is 0 Å². The summed E-state index contributed by atoms with van der Waals surface area (Å²) in [7, 11) is -1.96. The number of amides is 2. The average Bonchev–Trinajstić information content (AvgIpc) is 2.43. The Kier molecular flexibility index (Phi) is 5.94. The molecule has 124 valence electrons. The Hall–Kier alpha value is -2.33. The van der Waals surface area contributed by atoms with Crippen molar-refractivity contribution in [3.05, 3.63) is 47.1 Å². The van der Waals surface area contributed by atoms with Gasteiger partial charge >= 0.3 is 13.3 Å². The van der Waals surface area contributed by atoms with E-state index in [9.17, 15) is 22.8 Å². The van der Waals surface area contributed by atoms with Crippen LogP contribution in [0, 0.1) is 6.92 Å². The van der Waals surface area contributed by atoms with Crippen molar-refractivity contribution in [1.29, 1.82) is 0 Å². The van der Waals surface area contributed by atoms with Crippen LogP contribution in [0.25, 0.3) is 0 Å². The zero-order valence-corrected chi connectivity index (χ0v) is 12.1. The second-order valence-corrected chi connectivity index (χ2v) is 4.66. The van der Waals surface area contributed by atoms with Gasteiger partial charge in [-0.3, -0.25) is 9.59 Å². The standard InChI is InChI=1S/C13H14BF3N2O4/c1-7-3-4-9(13(15,16)17)5-10(7)12(21)18-6-11(20)19-8(2)14(22)23/h3-5,22-23H,2,6H2,1H3,(H,18,21)(H,19,20). The summed E-state index contributed by atoms with van der Waals surface area (Å²) < 4.78 is 37.9. The monoisotopic (exact) mass is 330 g/mol. The molecule has 4 N–H and O–H groups in total. The minimum absolute atomic E-state index is 0.214. The van der Waals surface area contributed by atoms with E-state index in [4.69, 9.17) is 10.0 Å². The van der Waals surface area contributed by atoms with Gasteiger partial charge in [0.05, 0.1) is 12.1 Å². The van der Waals surface area contributed by atoms with Crippen molar-refractivity contribution < 1.29 is 32.8 Å². The molecule has 10 heteroatoms. The van der Waals surface area contributed by atoms with Gasteiger partial charge in [0, 0.05) is 11.2 Å². The number of hydrogen-bond donors (Lipinski definition) is 4. The lowest BCUT2D eigenvalue weighted by Gasteiger charge is -2.12. The highest BCUT2D eigenvalue weighted by atomic mass is 19.4. The van der Waals surface area contributed by atoms with Crippen LogP contribution in [0.5, 0.6) is 0 Å². The summed E-state index contributed by atoms with van der Waals surface area (Å²) in [5, 5.41) is 21.6. The van der Waals surface area contributed by atoms with E-state index in [2.05, 4.69) is 11.9 Å². The third kappa shape index (κ3) is 5.42. The van der Waals surface area contributed by atoms with Crippen molar-refractivity contribution >= 4 is 18.9 Å². The molecule has 0 spiro atoms. The largest absolute Gasteiger partial charge is 0.505 e. The molecule has 0 radical (unpaired) electrons. The third-order valence-corrected chi connectivity index (χ3v) is 2.83. The maximum Gasteiger partial charge on any atom is 0.505 e. The number of carbonyl (C=O) groups excluding carboxylic acids is 2. The number of aryl methyl sites for hydroxylation is 1. The lowest BCUT2D eigenvalue weighted by Crippen LogP contribution is -2.39. The van der Waals surface area contributed by atoms with Crippen LogP contribution in [0.15, 0.2) is 30.4 Å². The van der Waals surface area contributed by atoms with Crippen LogP contribution in [0.3, 0.4) is 0 Å². The molecule has 0 unspecified atom stereocenters. The number of halogens is 3.